The van der Waals surface area contributed by atoms with E-state index in [4.69, 9.17) is 0 Å². The van der Waals surface area contributed by atoms with Gasteiger partial charge in [0.05, 0.1) is 0 Å². The normalized spacial score (nSPS) is 17.1. The minimum absolute atomic E-state index is 0.708. The molecule has 0 atom stereocenters. The number of rotatable bonds is 6. The topological polar surface area (TPSA) is 53.1 Å². The van der Waals surface area contributed by atoms with Crippen LogP contribution >= 0.6 is 0 Å². The van der Waals surface area contributed by atoms with Crippen LogP contribution in [0.5, 0.6) is 0 Å². The highest BCUT2D eigenvalue weighted by Gasteiger charge is 2.16. The SMILES string of the molecule is CCNc1ncc(C)c(NCCC2CCN(C)CC2)n1. The van der Waals surface area contributed by atoms with Gasteiger partial charge in [-0.25, -0.2) is 4.98 Å². The average Bonchev–Trinajstić information content (AvgIpc) is 2.45. The van der Waals surface area contributed by atoms with Gasteiger partial charge in [-0.1, -0.05) is 0 Å². The second kappa shape index (κ2) is 7.43. The average molecular weight is 277 g/mol. The summed E-state index contributed by atoms with van der Waals surface area (Å²) in [5.41, 5.74) is 1.11. The van der Waals surface area contributed by atoms with Gasteiger partial charge < -0.3 is 15.5 Å². The molecule has 1 aromatic rings. The summed E-state index contributed by atoms with van der Waals surface area (Å²) >= 11 is 0. The maximum Gasteiger partial charge on any atom is 0.224 e. The Morgan fingerprint density at radius 2 is 2.05 bits per heavy atom. The van der Waals surface area contributed by atoms with Crippen molar-refractivity contribution in [1.29, 1.82) is 0 Å². The zero-order valence-corrected chi connectivity index (χ0v) is 12.9. The number of hydrogen-bond donors (Lipinski definition) is 2. The molecule has 20 heavy (non-hydrogen) atoms. The maximum absolute atomic E-state index is 4.52. The number of hydrogen-bond acceptors (Lipinski definition) is 5. The summed E-state index contributed by atoms with van der Waals surface area (Å²) < 4.78 is 0. The van der Waals surface area contributed by atoms with Crippen LogP contribution in [0.1, 0.15) is 31.7 Å². The Morgan fingerprint density at radius 1 is 1.30 bits per heavy atom. The van der Waals surface area contributed by atoms with Crippen LogP contribution in [-0.2, 0) is 0 Å². The number of aromatic nitrogens is 2. The first-order valence-electron chi connectivity index (χ1n) is 7.69. The first-order valence-corrected chi connectivity index (χ1v) is 7.69. The molecule has 0 saturated carbocycles. The lowest BCUT2D eigenvalue weighted by molar-refractivity contribution is 0.215. The van der Waals surface area contributed by atoms with Crippen molar-refractivity contribution in [1.82, 2.24) is 14.9 Å². The molecule has 1 saturated heterocycles. The Hall–Kier alpha value is -1.36. The largest absolute Gasteiger partial charge is 0.370 e. The molecule has 0 bridgehead atoms. The summed E-state index contributed by atoms with van der Waals surface area (Å²) in [5.74, 6) is 2.53. The van der Waals surface area contributed by atoms with E-state index < -0.39 is 0 Å². The van der Waals surface area contributed by atoms with Gasteiger partial charge in [0.2, 0.25) is 5.95 Å². The molecule has 1 aliphatic rings. The van der Waals surface area contributed by atoms with Gasteiger partial charge in [0.25, 0.3) is 0 Å². The van der Waals surface area contributed by atoms with Crippen LogP contribution < -0.4 is 10.6 Å². The Morgan fingerprint density at radius 3 is 2.75 bits per heavy atom. The molecule has 0 amide bonds. The van der Waals surface area contributed by atoms with Crippen molar-refractivity contribution in [2.45, 2.75) is 33.1 Å². The standard InChI is InChI=1S/C15H27N5/c1-4-16-15-18-11-12(2)14(19-15)17-8-5-13-6-9-20(3)10-7-13/h11,13H,4-10H2,1-3H3,(H2,16,17,18,19). The van der Waals surface area contributed by atoms with Gasteiger partial charge in [0.1, 0.15) is 5.82 Å². The van der Waals surface area contributed by atoms with Gasteiger partial charge >= 0.3 is 0 Å². The third-order valence-electron chi connectivity index (χ3n) is 3.99. The van der Waals surface area contributed by atoms with Crippen LogP contribution in [0.2, 0.25) is 0 Å². The number of likely N-dealkylation sites (tertiary alicyclic amines) is 1. The second-order valence-electron chi connectivity index (χ2n) is 5.72. The van der Waals surface area contributed by atoms with Crippen LogP contribution in [0.25, 0.3) is 0 Å². The van der Waals surface area contributed by atoms with E-state index in [9.17, 15) is 0 Å². The van der Waals surface area contributed by atoms with E-state index in [1.165, 1.54) is 32.4 Å². The molecule has 2 rings (SSSR count). The van der Waals surface area contributed by atoms with Crippen LogP contribution in [0.3, 0.4) is 0 Å². The van der Waals surface area contributed by atoms with Crippen LogP contribution in [0, 0.1) is 12.8 Å². The molecule has 1 fully saturated rings. The van der Waals surface area contributed by atoms with Crippen LogP contribution in [-0.4, -0.2) is 48.1 Å². The molecule has 1 aliphatic heterocycles. The fourth-order valence-corrected chi connectivity index (χ4v) is 2.61. The molecule has 5 nitrogen and oxygen atoms in total. The Kier molecular flexibility index (Phi) is 5.59. The molecular weight excluding hydrogens is 250 g/mol. The number of aryl methyl sites for hydroxylation is 1. The summed E-state index contributed by atoms with van der Waals surface area (Å²) in [5, 5.41) is 6.62. The molecule has 0 aromatic carbocycles. The molecule has 5 heteroatoms. The highest BCUT2D eigenvalue weighted by atomic mass is 15.1. The van der Waals surface area contributed by atoms with E-state index in [1.807, 2.05) is 13.1 Å². The Balaban J connectivity index is 1.79. The smallest absolute Gasteiger partial charge is 0.224 e. The van der Waals surface area contributed by atoms with Crippen molar-refractivity contribution in [2.24, 2.45) is 5.92 Å². The number of nitrogens with zero attached hydrogens (tertiary/aromatic N) is 3. The van der Waals surface area contributed by atoms with Crippen LogP contribution in [0.4, 0.5) is 11.8 Å². The molecule has 0 radical (unpaired) electrons. The van der Waals surface area contributed by atoms with Gasteiger partial charge in [-0.2, -0.15) is 4.98 Å². The molecule has 1 aromatic heterocycles. The Bertz CT molecular complexity index is 413. The van der Waals surface area contributed by atoms with Crippen molar-refractivity contribution in [3.8, 4) is 0 Å². The van der Waals surface area contributed by atoms with Gasteiger partial charge in [-0.3, -0.25) is 0 Å². The zero-order chi connectivity index (χ0) is 14.4. The van der Waals surface area contributed by atoms with Crippen molar-refractivity contribution < 1.29 is 0 Å². The second-order valence-corrected chi connectivity index (χ2v) is 5.72. The van der Waals surface area contributed by atoms with E-state index in [2.05, 4.69) is 39.5 Å². The third kappa shape index (κ3) is 4.34. The molecule has 2 heterocycles. The Labute approximate surface area is 122 Å². The number of nitrogens with one attached hydrogen (secondary N) is 2. The van der Waals surface area contributed by atoms with E-state index in [0.717, 1.165) is 30.4 Å². The number of piperidine rings is 1. The molecule has 0 aliphatic carbocycles. The minimum atomic E-state index is 0.708. The lowest BCUT2D eigenvalue weighted by Crippen LogP contribution is -2.30. The minimum Gasteiger partial charge on any atom is -0.370 e. The molecule has 0 unspecified atom stereocenters. The third-order valence-corrected chi connectivity index (χ3v) is 3.99. The van der Waals surface area contributed by atoms with E-state index >= 15 is 0 Å². The molecular formula is C15H27N5. The zero-order valence-electron chi connectivity index (χ0n) is 12.9. The number of anilines is 2. The van der Waals surface area contributed by atoms with Crippen LogP contribution in [0.15, 0.2) is 6.20 Å². The predicted molar refractivity (Wildman–Crippen MR) is 84.3 cm³/mol. The van der Waals surface area contributed by atoms with Gasteiger partial charge in [0, 0.05) is 24.8 Å². The molecule has 2 N–H and O–H groups in total. The van der Waals surface area contributed by atoms with E-state index in [1.54, 1.807) is 0 Å². The van der Waals surface area contributed by atoms with Crippen molar-refractivity contribution in [2.75, 3.05) is 43.9 Å². The lowest BCUT2D eigenvalue weighted by Gasteiger charge is -2.29. The van der Waals surface area contributed by atoms with Crippen molar-refractivity contribution in [3.63, 3.8) is 0 Å². The maximum atomic E-state index is 4.52. The van der Waals surface area contributed by atoms with Crippen molar-refractivity contribution in [3.05, 3.63) is 11.8 Å². The lowest BCUT2D eigenvalue weighted by atomic mass is 9.94. The highest BCUT2D eigenvalue weighted by molar-refractivity contribution is 5.46. The fourth-order valence-electron chi connectivity index (χ4n) is 2.61. The van der Waals surface area contributed by atoms with Gasteiger partial charge in [-0.05, 0) is 59.2 Å². The summed E-state index contributed by atoms with van der Waals surface area (Å²) in [7, 11) is 2.21. The van der Waals surface area contributed by atoms with Crippen molar-refractivity contribution >= 4 is 11.8 Å². The monoisotopic (exact) mass is 277 g/mol. The fraction of sp³-hybridized carbons (Fsp3) is 0.733. The summed E-state index contributed by atoms with van der Waals surface area (Å²) in [6.45, 7) is 8.42. The molecule has 112 valence electrons. The molecule has 0 spiro atoms. The first kappa shape index (κ1) is 15.0. The summed E-state index contributed by atoms with van der Waals surface area (Å²) in [6.07, 6.45) is 5.75. The quantitative estimate of drug-likeness (QED) is 0.836. The summed E-state index contributed by atoms with van der Waals surface area (Å²) in [6, 6.07) is 0. The first-order chi connectivity index (χ1) is 9.69. The highest BCUT2D eigenvalue weighted by Crippen LogP contribution is 2.20. The van der Waals surface area contributed by atoms with E-state index in [-0.39, 0.29) is 0 Å². The summed E-state index contributed by atoms with van der Waals surface area (Å²) in [4.78, 5) is 11.2. The van der Waals surface area contributed by atoms with Gasteiger partial charge in [-0.15, -0.1) is 0 Å². The van der Waals surface area contributed by atoms with E-state index in [0.29, 0.717) is 5.95 Å². The predicted octanol–water partition coefficient (Wildman–Crippen LogP) is 2.36. The van der Waals surface area contributed by atoms with Gasteiger partial charge in [0.15, 0.2) is 0 Å².